The molecule has 2 aromatic heterocycles. The minimum atomic E-state index is -0.275. The molecule has 0 aliphatic rings. The van der Waals surface area contributed by atoms with Gasteiger partial charge in [0, 0.05) is 24.0 Å². The average molecular weight is 300 g/mol. The number of carbonyl (C=O) groups excluding carboxylic acids is 1. The predicted molar refractivity (Wildman–Crippen MR) is 87.6 cm³/mol. The molecule has 2 aromatic rings. The molecule has 2 heterocycles. The van der Waals surface area contributed by atoms with E-state index in [-0.39, 0.29) is 12.6 Å². The Morgan fingerprint density at radius 1 is 0.909 bits per heavy atom. The van der Waals surface area contributed by atoms with Crippen molar-refractivity contribution in [2.24, 2.45) is 0 Å². The van der Waals surface area contributed by atoms with E-state index in [2.05, 4.69) is 23.0 Å². The highest BCUT2D eigenvalue weighted by molar-refractivity contribution is 5.65. The highest BCUT2D eigenvalue weighted by Crippen LogP contribution is 2.07. The van der Waals surface area contributed by atoms with Crippen LogP contribution in [0.2, 0.25) is 0 Å². The van der Waals surface area contributed by atoms with Gasteiger partial charge in [0.15, 0.2) is 0 Å². The number of nitrogens with zero attached hydrogens (tertiary/aromatic N) is 2. The first-order chi connectivity index (χ1) is 10.3. The van der Waals surface area contributed by atoms with E-state index in [1.165, 1.54) is 12.5 Å². The number of aryl methyl sites for hydroxylation is 5. The van der Waals surface area contributed by atoms with Crippen LogP contribution < -0.4 is 0 Å². The van der Waals surface area contributed by atoms with Gasteiger partial charge in [-0.25, -0.2) is 0 Å². The van der Waals surface area contributed by atoms with E-state index in [9.17, 15) is 4.79 Å². The van der Waals surface area contributed by atoms with Crippen LogP contribution >= 0.6 is 0 Å². The summed E-state index contributed by atoms with van der Waals surface area (Å²) in [6, 6.07) is 8.04. The van der Waals surface area contributed by atoms with Crippen LogP contribution in [0.4, 0.5) is 0 Å². The lowest BCUT2D eigenvalue weighted by Crippen LogP contribution is -2.03. The van der Waals surface area contributed by atoms with Crippen LogP contribution in [0, 0.1) is 34.6 Å². The minimum Gasteiger partial charge on any atom is -0.459 e. The second kappa shape index (κ2) is 8.27. The molecule has 4 heteroatoms. The number of pyridine rings is 2. The van der Waals surface area contributed by atoms with Crippen LogP contribution in [0.1, 0.15) is 40.8 Å². The highest BCUT2D eigenvalue weighted by Gasteiger charge is 2.02. The first-order valence-corrected chi connectivity index (χ1v) is 7.27. The van der Waals surface area contributed by atoms with Crippen LogP contribution in [0.5, 0.6) is 0 Å². The molecule has 0 aliphatic carbocycles. The van der Waals surface area contributed by atoms with E-state index >= 15 is 0 Å². The van der Waals surface area contributed by atoms with Gasteiger partial charge in [0.1, 0.15) is 6.61 Å². The van der Waals surface area contributed by atoms with Gasteiger partial charge in [-0.2, -0.15) is 0 Å². The topological polar surface area (TPSA) is 52.1 Å². The average Bonchev–Trinajstić information content (AvgIpc) is 2.45. The molecule has 0 aromatic carbocycles. The molecule has 0 spiro atoms. The second-order valence-electron chi connectivity index (χ2n) is 5.35. The minimum absolute atomic E-state index is 0.267. The standard InChI is InChI=1S/C10H13NO2.C8H11N/c1-7-4-5-8(2)11-10(7)6-13-9(3)12;1-6-4-5-7(2)9-8(6)3/h4-5H,6H2,1-3H3;4-5H,1-3H3. The maximum Gasteiger partial charge on any atom is 0.303 e. The molecule has 2 rings (SSSR count). The molecule has 0 fully saturated rings. The van der Waals surface area contributed by atoms with Gasteiger partial charge in [0.05, 0.1) is 5.69 Å². The Hall–Kier alpha value is -2.23. The lowest BCUT2D eigenvalue weighted by Gasteiger charge is -2.05. The lowest BCUT2D eigenvalue weighted by molar-refractivity contribution is -0.142. The van der Waals surface area contributed by atoms with Crippen molar-refractivity contribution in [1.29, 1.82) is 0 Å². The molecule has 0 atom stereocenters. The van der Waals surface area contributed by atoms with E-state index in [0.29, 0.717) is 0 Å². The fraction of sp³-hybridized carbons (Fsp3) is 0.389. The fourth-order valence-corrected chi connectivity index (χ4v) is 1.75. The summed E-state index contributed by atoms with van der Waals surface area (Å²) >= 11 is 0. The Morgan fingerprint density at radius 3 is 1.95 bits per heavy atom. The van der Waals surface area contributed by atoms with E-state index in [1.54, 1.807) is 0 Å². The summed E-state index contributed by atoms with van der Waals surface area (Å²) in [5, 5.41) is 0. The first kappa shape index (κ1) is 17.8. The third-order valence-corrected chi connectivity index (χ3v) is 3.24. The van der Waals surface area contributed by atoms with Crippen molar-refractivity contribution in [3.8, 4) is 0 Å². The Balaban J connectivity index is 0.000000235. The van der Waals surface area contributed by atoms with Crippen LogP contribution in [0.25, 0.3) is 0 Å². The molecule has 22 heavy (non-hydrogen) atoms. The molecule has 0 N–H and O–H groups in total. The lowest BCUT2D eigenvalue weighted by atomic mass is 10.2. The van der Waals surface area contributed by atoms with Gasteiger partial charge < -0.3 is 4.74 Å². The van der Waals surface area contributed by atoms with Gasteiger partial charge in [-0.15, -0.1) is 0 Å². The van der Waals surface area contributed by atoms with Crippen molar-refractivity contribution in [3.05, 3.63) is 58.2 Å². The van der Waals surface area contributed by atoms with Gasteiger partial charge >= 0.3 is 5.97 Å². The highest BCUT2D eigenvalue weighted by atomic mass is 16.5. The van der Waals surface area contributed by atoms with E-state index in [0.717, 1.165) is 28.3 Å². The molecule has 0 unspecified atom stereocenters. The summed E-state index contributed by atoms with van der Waals surface area (Å²) in [6.45, 7) is 11.6. The number of aromatic nitrogens is 2. The fourth-order valence-electron chi connectivity index (χ4n) is 1.75. The smallest absolute Gasteiger partial charge is 0.303 e. The maximum atomic E-state index is 10.6. The van der Waals surface area contributed by atoms with E-state index < -0.39 is 0 Å². The Bertz CT molecular complexity index is 652. The Kier molecular flexibility index (Phi) is 6.70. The largest absolute Gasteiger partial charge is 0.459 e. The van der Waals surface area contributed by atoms with Crippen LogP contribution in [-0.2, 0) is 16.1 Å². The summed E-state index contributed by atoms with van der Waals surface area (Å²) < 4.78 is 4.86. The maximum absolute atomic E-state index is 10.6. The third kappa shape index (κ3) is 6.04. The normalized spacial score (nSPS) is 9.73. The van der Waals surface area contributed by atoms with Crippen molar-refractivity contribution >= 4 is 5.97 Å². The Labute approximate surface area is 132 Å². The van der Waals surface area contributed by atoms with Gasteiger partial charge in [-0.1, -0.05) is 12.1 Å². The number of carbonyl (C=O) groups is 1. The number of hydrogen-bond acceptors (Lipinski definition) is 4. The summed E-state index contributed by atoms with van der Waals surface area (Å²) in [5.41, 5.74) is 6.31. The zero-order valence-electron chi connectivity index (χ0n) is 14.2. The van der Waals surface area contributed by atoms with E-state index in [4.69, 9.17) is 4.74 Å². The zero-order chi connectivity index (χ0) is 16.7. The van der Waals surface area contributed by atoms with Crippen LogP contribution in [0.3, 0.4) is 0 Å². The zero-order valence-corrected chi connectivity index (χ0v) is 14.2. The van der Waals surface area contributed by atoms with Crippen molar-refractivity contribution < 1.29 is 9.53 Å². The van der Waals surface area contributed by atoms with E-state index in [1.807, 2.05) is 45.9 Å². The molecule has 0 amide bonds. The van der Waals surface area contributed by atoms with Gasteiger partial charge in [-0.3, -0.25) is 14.8 Å². The molecule has 0 saturated carbocycles. The summed E-state index contributed by atoms with van der Waals surface area (Å²) in [7, 11) is 0. The second-order valence-corrected chi connectivity index (χ2v) is 5.35. The molecule has 4 nitrogen and oxygen atoms in total. The van der Waals surface area contributed by atoms with Crippen LogP contribution in [-0.4, -0.2) is 15.9 Å². The SMILES string of the molecule is CC(=O)OCc1nc(C)ccc1C.Cc1ccc(C)c(C)n1. The number of rotatable bonds is 2. The molecule has 0 bridgehead atoms. The summed E-state index contributed by atoms with van der Waals surface area (Å²) in [6.07, 6.45) is 0. The third-order valence-electron chi connectivity index (χ3n) is 3.24. The van der Waals surface area contributed by atoms with Gasteiger partial charge in [0.25, 0.3) is 0 Å². The first-order valence-electron chi connectivity index (χ1n) is 7.27. The van der Waals surface area contributed by atoms with Crippen molar-refractivity contribution in [3.63, 3.8) is 0 Å². The van der Waals surface area contributed by atoms with Gasteiger partial charge in [-0.05, 0) is 57.9 Å². The van der Waals surface area contributed by atoms with Crippen LogP contribution in [0.15, 0.2) is 24.3 Å². The van der Waals surface area contributed by atoms with Crippen molar-refractivity contribution in [2.45, 2.75) is 48.1 Å². The summed E-state index contributed by atoms with van der Waals surface area (Å²) in [5.74, 6) is -0.275. The predicted octanol–water partition coefficient (Wildman–Crippen LogP) is 3.77. The molecule has 0 aliphatic heterocycles. The monoisotopic (exact) mass is 300 g/mol. The molecule has 0 radical (unpaired) electrons. The number of hydrogen-bond donors (Lipinski definition) is 0. The number of esters is 1. The molecular weight excluding hydrogens is 276 g/mol. The number of ether oxygens (including phenoxy) is 1. The quantitative estimate of drug-likeness (QED) is 0.792. The molecule has 118 valence electrons. The van der Waals surface area contributed by atoms with Crippen molar-refractivity contribution in [2.75, 3.05) is 0 Å². The summed E-state index contributed by atoms with van der Waals surface area (Å²) in [4.78, 5) is 19.1. The Morgan fingerprint density at radius 2 is 1.45 bits per heavy atom. The molecule has 0 saturated heterocycles. The van der Waals surface area contributed by atoms with Gasteiger partial charge in [0.2, 0.25) is 0 Å². The molecular formula is C18H24N2O2. The van der Waals surface area contributed by atoms with Crippen molar-refractivity contribution in [1.82, 2.24) is 9.97 Å².